The van der Waals surface area contributed by atoms with E-state index in [1.807, 2.05) is 12.1 Å². The zero-order valence-electron chi connectivity index (χ0n) is 22.0. The van der Waals surface area contributed by atoms with E-state index in [4.69, 9.17) is 33.7 Å². The Morgan fingerprint density at radius 2 is 1.77 bits per heavy atom. The SMILES string of the molecule is Nc1ncc(-c2ccc(C(=O)NC3CCNC(C(=O)OC4CCCC4)C3)cc2)nc1NCc1c(Cl)cccc1Cl. The lowest BCUT2D eigenvalue weighted by atomic mass is 9.98. The maximum atomic E-state index is 13.0. The molecule has 2 heterocycles. The Labute approximate surface area is 243 Å². The summed E-state index contributed by atoms with van der Waals surface area (Å²) in [6, 6.07) is 11.9. The molecule has 3 aromatic rings. The maximum Gasteiger partial charge on any atom is 0.323 e. The van der Waals surface area contributed by atoms with Gasteiger partial charge in [-0.15, -0.1) is 0 Å². The van der Waals surface area contributed by atoms with Crippen LogP contribution in [0.15, 0.2) is 48.7 Å². The average molecular weight is 584 g/mol. The van der Waals surface area contributed by atoms with Gasteiger partial charge in [0.15, 0.2) is 11.6 Å². The Morgan fingerprint density at radius 3 is 2.50 bits per heavy atom. The van der Waals surface area contributed by atoms with Crippen LogP contribution in [0.3, 0.4) is 0 Å². The highest BCUT2D eigenvalue weighted by Gasteiger charge is 2.31. The summed E-state index contributed by atoms with van der Waals surface area (Å²) in [7, 11) is 0. The molecule has 11 heteroatoms. The minimum atomic E-state index is -0.400. The molecule has 0 bridgehead atoms. The Hall–Kier alpha value is -3.40. The van der Waals surface area contributed by atoms with Gasteiger partial charge in [0.25, 0.3) is 5.91 Å². The van der Waals surface area contributed by atoms with Crippen LogP contribution in [-0.4, -0.2) is 46.6 Å². The van der Waals surface area contributed by atoms with Gasteiger partial charge >= 0.3 is 5.97 Å². The zero-order valence-corrected chi connectivity index (χ0v) is 23.5. The first-order valence-corrected chi connectivity index (χ1v) is 14.3. The number of aromatic nitrogens is 2. The number of hydrogen-bond acceptors (Lipinski definition) is 8. The molecule has 5 rings (SSSR count). The molecule has 2 unspecified atom stereocenters. The highest BCUT2D eigenvalue weighted by Crippen LogP contribution is 2.27. The fourth-order valence-corrected chi connectivity index (χ4v) is 5.61. The first-order valence-electron chi connectivity index (χ1n) is 13.5. The second kappa shape index (κ2) is 12.8. The van der Waals surface area contributed by atoms with Crippen molar-refractivity contribution in [3.63, 3.8) is 0 Å². The second-order valence-corrected chi connectivity index (χ2v) is 11.0. The van der Waals surface area contributed by atoms with Gasteiger partial charge < -0.3 is 26.4 Å². The van der Waals surface area contributed by atoms with E-state index >= 15 is 0 Å². The molecule has 0 radical (unpaired) electrons. The van der Waals surface area contributed by atoms with Gasteiger partial charge in [-0.1, -0.05) is 41.4 Å². The third-order valence-corrected chi connectivity index (χ3v) is 8.05. The lowest BCUT2D eigenvalue weighted by Crippen LogP contribution is -2.51. The molecule has 1 saturated heterocycles. The van der Waals surface area contributed by atoms with Crippen molar-refractivity contribution in [1.82, 2.24) is 20.6 Å². The molecule has 1 aliphatic carbocycles. The van der Waals surface area contributed by atoms with Crippen molar-refractivity contribution >= 4 is 46.7 Å². The summed E-state index contributed by atoms with van der Waals surface area (Å²) in [4.78, 5) is 34.4. The van der Waals surface area contributed by atoms with Crippen LogP contribution in [-0.2, 0) is 16.1 Å². The lowest BCUT2D eigenvalue weighted by molar-refractivity contribution is -0.152. The number of nitrogens with one attached hydrogen (secondary N) is 3. The molecule has 2 aromatic carbocycles. The number of benzene rings is 2. The second-order valence-electron chi connectivity index (χ2n) is 10.2. The molecular formula is C29H32Cl2N6O3. The summed E-state index contributed by atoms with van der Waals surface area (Å²) in [5.74, 6) is 0.241. The van der Waals surface area contributed by atoms with E-state index in [9.17, 15) is 9.59 Å². The number of anilines is 2. The molecule has 210 valence electrons. The van der Waals surface area contributed by atoms with Crippen LogP contribution < -0.4 is 21.7 Å². The number of rotatable bonds is 8. The number of piperidine rings is 1. The molecule has 1 amide bonds. The fraction of sp³-hybridized carbons (Fsp3) is 0.379. The normalized spacial score (nSPS) is 19.2. The van der Waals surface area contributed by atoms with Gasteiger partial charge in [0.05, 0.1) is 11.9 Å². The van der Waals surface area contributed by atoms with Crippen molar-refractivity contribution < 1.29 is 14.3 Å². The van der Waals surface area contributed by atoms with Crippen molar-refractivity contribution in [3.05, 3.63) is 69.8 Å². The Bertz CT molecular complexity index is 1340. The predicted octanol–water partition coefficient (Wildman–Crippen LogP) is 4.98. The van der Waals surface area contributed by atoms with Crippen LogP contribution in [0.5, 0.6) is 0 Å². The van der Waals surface area contributed by atoms with Crippen molar-refractivity contribution in [2.45, 2.75) is 63.3 Å². The lowest BCUT2D eigenvalue weighted by Gasteiger charge is -2.30. The molecule has 0 spiro atoms. The average Bonchev–Trinajstić information content (AvgIpc) is 3.47. The first kappa shape index (κ1) is 28.1. The van der Waals surface area contributed by atoms with Gasteiger partial charge in [-0.3, -0.25) is 9.59 Å². The summed E-state index contributed by atoms with van der Waals surface area (Å²) in [6.07, 6.45) is 6.94. The Morgan fingerprint density at radius 1 is 1.05 bits per heavy atom. The van der Waals surface area contributed by atoms with Crippen LogP contribution in [0.2, 0.25) is 10.0 Å². The number of carbonyl (C=O) groups excluding carboxylic acids is 2. The van der Waals surface area contributed by atoms with Gasteiger partial charge in [-0.2, -0.15) is 0 Å². The van der Waals surface area contributed by atoms with E-state index < -0.39 is 6.04 Å². The summed E-state index contributed by atoms with van der Waals surface area (Å²) >= 11 is 12.5. The van der Waals surface area contributed by atoms with Gasteiger partial charge in [0, 0.05) is 39.3 Å². The molecule has 5 N–H and O–H groups in total. The van der Waals surface area contributed by atoms with E-state index in [1.165, 1.54) is 0 Å². The first-order chi connectivity index (χ1) is 19.4. The fourth-order valence-electron chi connectivity index (χ4n) is 5.08. The molecule has 2 aliphatic rings. The van der Waals surface area contributed by atoms with Crippen LogP contribution in [0.4, 0.5) is 11.6 Å². The predicted molar refractivity (Wildman–Crippen MR) is 156 cm³/mol. The van der Waals surface area contributed by atoms with Crippen LogP contribution in [0, 0.1) is 0 Å². The van der Waals surface area contributed by atoms with Gasteiger partial charge in [0.2, 0.25) is 0 Å². The van der Waals surface area contributed by atoms with Gasteiger partial charge in [0.1, 0.15) is 12.1 Å². The Balaban J connectivity index is 1.19. The van der Waals surface area contributed by atoms with E-state index in [1.54, 1.807) is 36.5 Å². The minimum absolute atomic E-state index is 0.0289. The molecule has 2 fully saturated rings. The highest BCUT2D eigenvalue weighted by molar-refractivity contribution is 6.36. The zero-order chi connectivity index (χ0) is 28.1. The monoisotopic (exact) mass is 582 g/mol. The van der Waals surface area contributed by atoms with Crippen molar-refractivity contribution in [2.24, 2.45) is 0 Å². The summed E-state index contributed by atoms with van der Waals surface area (Å²) in [6.45, 7) is 0.971. The van der Waals surface area contributed by atoms with Gasteiger partial charge in [-0.05, 0) is 69.3 Å². The third-order valence-electron chi connectivity index (χ3n) is 7.35. The highest BCUT2D eigenvalue weighted by atomic mass is 35.5. The van der Waals surface area contributed by atoms with E-state index in [0.29, 0.717) is 46.6 Å². The largest absolute Gasteiger partial charge is 0.461 e. The van der Waals surface area contributed by atoms with E-state index in [2.05, 4.69) is 25.9 Å². The number of esters is 1. The summed E-state index contributed by atoms with van der Waals surface area (Å²) in [5.41, 5.74) is 8.66. The summed E-state index contributed by atoms with van der Waals surface area (Å²) in [5, 5.41) is 10.5. The number of nitrogens with two attached hydrogens (primary N) is 1. The number of amides is 1. The minimum Gasteiger partial charge on any atom is -0.461 e. The standard InChI is InChI=1S/C29H32Cl2N6O3/c30-22-6-3-7-23(31)21(22)15-35-27-26(32)34-16-25(37-27)17-8-10-18(11-9-17)28(38)36-19-12-13-33-24(14-19)29(39)40-20-4-1-2-5-20/h3,6-11,16,19-20,24,33H,1-2,4-5,12-15H2,(H2,32,34)(H,35,37)(H,36,38). The smallest absolute Gasteiger partial charge is 0.323 e. The molecular weight excluding hydrogens is 551 g/mol. The van der Waals surface area contributed by atoms with Crippen LogP contribution in [0.25, 0.3) is 11.3 Å². The molecule has 1 saturated carbocycles. The molecule has 2 atom stereocenters. The van der Waals surface area contributed by atoms with Crippen LogP contribution >= 0.6 is 23.2 Å². The topological polar surface area (TPSA) is 131 Å². The number of ether oxygens (including phenoxy) is 1. The molecule has 9 nitrogen and oxygen atoms in total. The molecule has 1 aliphatic heterocycles. The van der Waals surface area contributed by atoms with Gasteiger partial charge in [-0.25, -0.2) is 9.97 Å². The quantitative estimate of drug-likeness (QED) is 0.273. The van der Waals surface area contributed by atoms with Crippen molar-refractivity contribution in [2.75, 3.05) is 17.6 Å². The van der Waals surface area contributed by atoms with Crippen molar-refractivity contribution in [1.29, 1.82) is 0 Å². The molecule has 40 heavy (non-hydrogen) atoms. The number of halogens is 2. The summed E-state index contributed by atoms with van der Waals surface area (Å²) < 4.78 is 5.66. The number of carbonyl (C=O) groups is 2. The number of hydrogen-bond donors (Lipinski definition) is 4. The van der Waals surface area contributed by atoms with E-state index in [-0.39, 0.29) is 29.8 Å². The third kappa shape index (κ3) is 6.83. The Kier molecular flexibility index (Phi) is 9.04. The number of nitrogen functional groups attached to an aromatic ring is 1. The van der Waals surface area contributed by atoms with Crippen LogP contribution in [0.1, 0.15) is 54.4 Å². The molecule has 1 aromatic heterocycles. The van der Waals surface area contributed by atoms with Crippen molar-refractivity contribution in [3.8, 4) is 11.3 Å². The number of nitrogens with zero attached hydrogens (tertiary/aromatic N) is 2. The maximum absolute atomic E-state index is 13.0. The van der Waals surface area contributed by atoms with E-state index in [0.717, 1.165) is 43.2 Å².